The predicted molar refractivity (Wildman–Crippen MR) is 108 cm³/mol. The van der Waals surface area contributed by atoms with Crippen molar-refractivity contribution in [1.82, 2.24) is 4.90 Å². The lowest BCUT2D eigenvalue weighted by Gasteiger charge is -2.25. The molecule has 2 aromatic carbocycles. The molecule has 3 rings (SSSR count). The molecule has 1 amide bonds. The first-order valence-corrected chi connectivity index (χ1v) is 9.45. The molecule has 1 N–H and O–H groups in total. The average molecular weight is 400 g/mol. The van der Waals surface area contributed by atoms with E-state index in [1.54, 1.807) is 12.1 Å². The number of rotatable bonds is 5. The summed E-state index contributed by atoms with van der Waals surface area (Å²) < 4.78 is 5.14. The van der Waals surface area contributed by atoms with Crippen molar-refractivity contribution in [2.45, 2.75) is 26.3 Å². The fourth-order valence-corrected chi connectivity index (χ4v) is 3.77. The number of methoxy groups -OCH3 is 1. The highest BCUT2D eigenvalue weighted by Crippen LogP contribution is 2.40. The minimum atomic E-state index is -0.690. The van der Waals surface area contributed by atoms with Crippen molar-refractivity contribution in [2.24, 2.45) is 0 Å². The van der Waals surface area contributed by atoms with Gasteiger partial charge in [-0.3, -0.25) is 9.59 Å². The smallest absolute Gasteiger partial charge is 0.295 e. The normalized spacial score (nSPS) is 18.6. The average Bonchev–Trinajstić information content (AvgIpc) is 2.92. The number of Topliss-reactive ketones (excluding diaryl/α,β-unsaturated/α-hetero) is 1. The van der Waals surface area contributed by atoms with Crippen LogP contribution >= 0.6 is 11.6 Å². The minimum Gasteiger partial charge on any atom is -0.507 e. The Morgan fingerprint density at radius 2 is 1.96 bits per heavy atom. The highest BCUT2D eigenvalue weighted by atomic mass is 35.5. The number of likely N-dealkylation sites (tertiary alicyclic amines) is 1. The monoisotopic (exact) mass is 399 g/mol. The summed E-state index contributed by atoms with van der Waals surface area (Å²) >= 11 is 6.18. The fraction of sp³-hybridized carbons (Fsp3) is 0.273. The third-order valence-corrected chi connectivity index (χ3v) is 5.08. The highest BCUT2D eigenvalue weighted by molar-refractivity contribution is 6.46. The van der Waals surface area contributed by atoms with Crippen LogP contribution in [0.2, 0.25) is 5.02 Å². The maximum absolute atomic E-state index is 12.8. The third kappa shape index (κ3) is 3.50. The molecule has 0 spiro atoms. The fourth-order valence-electron chi connectivity index (χ4n) is 3.51. The van der Waals surface area contributed by atoms with E-state index in [9.17, 15) is 14.7 Å². The zero-order valence-electron chi connectivity index (χ0n) is 16.0. The number of aliphatic hydroxyl groups is 1. The van der Waals surface area contributed by atoms with Crippen LogP contribution < -0.4 is 4.74 Å². The second kappa shape index (κ2) is 8.07. The van der Waals surface area contributed by atoms with Crippen LogP contribution in [0.1, 0.15) is 36.1 Å². The number of ether oxygens (including phenoxy) is 1. The Morgan fingerprint density at radius 1 is 1.21 bits per heavy atom. The molecular weight excluding hydrogens is 378 g/mol. The van der Waals surface area contributed by atoms with Gasteiger partial charge in [0.2, 0.25) is 0 Å². The van der Waals surface area contributed by atoms with Crippen molar-refractivity contribution in [3.05, 3.63) is 69.8 Å². The number of carbonyl (C=O) groups is 2. The largest absolute Gasteiger partial charge is 0.507 e. The number of carbonyl (C=O) groups excluding carboxylic acids is 2. The molecule has 1 unspecified atom stereocenters. The van der Waals surface area contributed by atoms with Gasteiger partial charge in [0.15, 0.2) is 0 Å². The molecule has 0 bridgehead atoms. The van der Waals surface area contributed by atoms with Crippen LogP contribution in [-0.2, 0) is 9.59 Å². The van der Waals surface area contributed by atoms with Crippen LogP contribution in [0.4, 0.5) is 0 Å². The molecule has 146 valence electrons. The maximum atomic E-state index is 12.8. The molecule has 1 heterocycles. The van der Waals surface area contributed by atoms with Crippen molar-refractivity contribution in [3.63, 3.8) is 0 Å². The lowest BCUT2D eigenvalue weighted by atomic mass is 9.94. The Hall–Kier alpha value is -2.79. The summed E-state index contributed by atoms with van der Waals surface area (Å²) in [6.07, 6.45) is 0.698. The predicted octanol–water partition coefficient (Wildman–Crippen LogP) is 4.49. The molecule has 5 nitrogen and oxygen atoms in total. The number of amides is 1. The van der Waals surface area contributed by atoms with E-state index in [0.717, 1.165) is 11.1 Å². The van der Waals surface area contributed by atoms with Gasteiger partial charge in [0.25, 0.3) is 11.7 Å². The third-order valence-electron chi connectivity index (χ3n) is 4.79. The molecule has 6 heteroatoms. The van der Waals surface area contributed by atoms with Gasteiger partial charge in [-0.15, -0.1) is 0 Å². The van der Waals surface area contributed by atoms with Crippen molar-refractivity contribution < 1.29 is 19.4 Å². The van der Waals surface area contributed by atoms with Crippen molar-refractivity contribution in [3.8, 4) is 5.75 Å². The second-order valence-corrected chi connectivity index (χ2v) is 7.16. The van der Waals surface area contributed by atoms with Gasteiger partial charge in [-0.1, -0.05) is 48.4 Å². The van der Waals surface area contributed by atoms with Crippen molar-refractivity contribution >= 4 is 29.1 Å². The molecular formula is C22H22ClNO4. The second-order valence-electron chi connectivity index (χ2n) is 6.76. The van der Waals surface area contributed by atoms with E-state index < -0.39 is 17.7 Å². The topological polar surface area (TPSA) is 66.8 Å². The number of halogens is 1. The Bertz CT molecular complexity index is 967. The molecule has 28 heavy (non-hydrogen) atoms. The Morgan fingerprint density at radius 3 is 2.57 bits per heavy atom. The number of aryl methyl sites for hydroxylation is 1. The van der Waals surface area contributed by atoms with E-state index in [1.165, 1.54) is 18.1 Å². The van der Waals surface area contributed by atoms with Crippen LogP contribution in [-0.4, -0.2) is 35.4 Å². The Kier molecular flexibility index (Phi) is 5.75. The zero-order valence-corrected chi connectivity index (χ0v) is 16.8. The number of benzene rings is 2. The maximum Gasteiger partial charge on any atom is 0.295 e. The van der Waals surface area contributed by atoms with E-state index in [4.69, 9.17) is 16.3 Å². The van der Waals surface area contributed by atoms with Crippen molar-refractivity contribution in [1.29, 1.82) is 0 Å². The summed E-state index contributed by atoms with van der Waals surface area (Å²) in [5.41, 5.74) is 2.23. The molecule has 1 aliphatic heterocycles. The number of hydrogen-bond acceptors (Lipinski definition) is 4. The zero-order chi connectivity index (χ0) is 20.4. The molecule has 0 aromatic heterocycles. The summed E-state index contributed by atoms with van der Waals surface area (Å²) in [5.74, 6) is -1.08. The first-order chi connectivity index (χ1) is 13.4. The van der Waals surface area contributed by atoms with Crippen LogP contribution in [0.15, 0.2) is 48.0 Å². The van der Waals surface area contributed by atoms with Gasteiger partial charge in [0.05, 0.1) is 23.7 Å². The standard InChI is InChI=1S/C22H22ClNO4/c1-4-10-24-19(14-7-5-6-13(2)11-14)18(21(26)22(24)27)20(25)15-8-9-17(28-3)16(23)12-15/h5-9,11-12,19,25H,4,10H2,1-3H3/b20-18-. The Labute approximate surface area is 169 Å². The van der Waals surface area contributed by atoms with Gasteiger partial charge in [0, 0.05) is 12.1 Å². The van der Waals surface area contributed by atoms with E-state index >= 15 is 0 Å². The molecule has 1 saturated heterocycles. The van der Waals surface area contributed by atoms with Gasteiger partial charge < -0.3 is 14.7 Å². The Balaban J connectivity index is 2.19. The first kappa shape index (κ1) is 20.0. The van der Waals surface area contributed by atoms with Crippen LogP contribution in [0.5, 0.6) is 5.75 Å². The number of ketones is 1. The summed E-state index contributed by atoms with van der Waals surface area (Å²) in [6, 6.07) is 11.7. The minimum absolute atomic E-state index is 0.0743. The van der Waals surface area contributed by atoms with Gasteiger partial charge in [-0.05, 0) is 37.1 Å². The van der Waals surface area contributed by atoms with Crippen molar-refractivity contribution in [2.75, 3.05) is 13.7 Å². The van der Waals surface area contributed by atoms with Crippen LogP contribution in [0, 0.1) is 6.92 Å². The van der Waals surface area contributed by atoms with E-state index in [0.29, 0.717) is 29.3 Å². The lowest BCUT2D eigenvalue weighted by molar-refractivity contribution is -0.139. The SMILES string of the molecule is CCCN1C(=O)C(=O)/C(=C(\O)c2ccc(OC)c(Cl)c2)C1c1cccc(C)c1. The molecule has 0 saturated carbocycles. The summed E-state index contributed by atoms with van der Waals surface area (Å²) in [7, 11) is 1.49. The molecule has 0 radical (unpaired) electrons. The molecule has 1 atom stereocenters. The highest BCUT2D eigenvalue weighted by Gasteiger charge is 2.45. The van der Waals surface area contributed by atoms with Gasteiger partial charge >= 0.3 is 0 Å². The molecule has 1 fully saturated rings. The molecule has 0 aliphatic carbocycles. The summed E-state index contributed by atoms with van der Waals surface area (Å²) in [5, 5.41) is 11.3. The lowest BCUT2D eigenvalue weighted by Crippen LogP contribution is -2.30. The first-order valence-electron chi connectivity index (χ1n) is 9.08. The van der Waals surface area contributed by atoms with Gasteiger partial charge in [-0.25, -0.2) is 0 Å². The number of nitrogens with zero attached hydrogens (tertiary/aromatic N) is 1. The van der Waals surface area contributed by atoms with Crippen LogP contribution in [0.25, 0.3) is 5.76 Å². The van der Waals surface area contributed by atoms with Gasteiger partial charge in [-0.2, -0.15) is 0 Å². The van der Waals surface area contributed by atoms with E-state index in [2.05, 4.69) is 0 Å². The molecule has 2 aromatic rings. The van der Waals surface area contributed by atoms with E-state index in [1.807, 2.05) is 38.1 Å². The van der Waals surface area contributed by atoms with Gasteiger partial charge in [0.1, 0.15) is 11.5 Å². The summed E-state index contributed by atoms with van der Waals surface area (Å²) in [4.78, 5) is 27.0. The van der Waals surface area contributed by atoms with E-state index in [-0.39, 0.29) is 11.3 Å². The molecule has 1 aliphatic rings. The quantitative estimate of drug-likeness (QED) is 0.457. The van der Waals surface area contributed by atoms with Crippen LogP contribution in [0.3, 0.4) is 0 Å². The number of hydrogen-bond donors (Lipinski definition) is 1. The summed E-state index contributed by atoms with van der Waals surface area (Å²) in [6.45, 7) is 4.30. The number of aliphatic hydroxyl groups excluding tert-OH is 1.